The highest BCUT2D eigenvalue weighted by Gasteiger charge is 2.72. The number of hydrogen-bond acceptors (Lipinski definition) is 1. The summed E-state index contributed by atoms with van der Waals surface area (Å²) in [7, 11) is 0. The number of Topliss-reactive ketones (excluding diaryl/α,β-unsaturated/α-hetero) is 1. The Bertz CT molecular complexity index is 2210. The Balaban J connectivity index is 1.09. The third kappa shape index (κ3) is 7.13. The molecule has 0 aromatic heterocycles. The van der Waals surface area contributed by atoms with Crippen molar-refractivity contribution >= 4 is 5.78 Å². The maximum absolute atomic E-state index is 16.3. The summed E-state index contributed by atoms with van der Waals surface area (Å²) in [5.74, 6) is 9.89. The van der Waals surface area contributed by atoms with Crippen molar-refractivity contribution < 1.29 is 4.79 Å². The van der Waals surface area contributed by atoms with Gasteiger partial charge in [-0.15, -0.1) is 0 Å². The Morgan fingerprint density at radius 2 is 0.636 bits per heavy atom. The van der Waals surface area contributed by atoms with E-state index in [0.717, 1.165) is 47.3 Å². The summed E-state index contributed by atoms with van der Waals surface area (Å²) in [5, 5.41) is 0. The number of fused-ring (bicyclic) bond motifs is 7. The van der Waals surface area contributed by atoms with E-state index in [-0.39, 0.29) is 33.5 Å². The number of ketones is 1. The van der Waals surface area contributed by atoms with Gasteiger partial charge in [0.15, 0.2) is 0 Å². The Labute approximate surface area is 401 Å². The Hall–Kier alpha value is -3.45. The van der Waals surface area contributed by atoms with Crippen LogP contribution in [0.3, 0.4) is 0 Å². The Morgan fingerprint density at radius 1 is 0.333 bits per heavy atom. The van der Waals surface area contributed by atoms with Gasteiger partial charge in [0.2, 0.25) is 0 Å². The number of benzene rings is 4. The van der Waals surface area contributed by atoms with Crippen molar-refractivity contribution in [2.24, 2.45) is 71.0 Å². The van der Waals surface area contributed by atoms with Gasteiger partial charge in [0.05, 0.1) is 0 Å². The SMILES string of the molecule is CC(C)(C)c1cc(C2C(=O)C(c3cc(C(C)(C)C)cc(C(C)(C)C)c3)C3C4CCC5C6C(CCC(C23)C46)C2C(c3ccccc3)C3CCCCC3C(c3ccccc3)C52)cc(C(C)(C)C)c1. The van der Waals surface area contributed by atoms with Gasteiger partial charge in [-0.2, -0.15) is 0 Å². The van der Waals surface area contributed by atoms with Crippen LogP contribution in [0.15, 0.2) is 97.1 Å². The molecule has 4 aromatic rings. The molecule has 0 N–H and O–H groups in total. The van der Waals surface area contributed by atoms with E-state index >= 15 is 4.79 Å². The van der Waals surface area contributed by atoms with Gasteiger partial charge < -0.3 is 0 Å². The van der Waals surface area contributed by atoms with Crippen molar-refractivity contribution in [3.05, 3.63) is 142 Å². The minimum atomic E-state index is -0.0499. The summed E-state index contributed by atoms with van der Waals surface area (Å²) in [6.07, 6.45) is 10.9. The molecule has 11 rings (SSSR count). The van der Waals surface area contributed by atoms with E-state index in [1.165, 1.54) is 84.7 Å². The summed E-state index contributed by atoms with van der Waals surface area (Å²) in [6, 6.07) is 39.2. The largest absolute Gasteiger partial charge is 0.298 e. The van der Waals surface area contributed by atoms with Gasteiger partial charge in [0.1, 0.15) is 5.78 Å². The third-order valence-corrected chi connectivity index (χ3v) is 20.4. The molecule has 0 saturated heterocycles. The molecular formula is C65H84O. The molecule has 0 amide bonds. The van der Waals surface area contributed by atoms with Crippen molar-refractivity contribution in [3.8, 4) is 0 Å². The molecule has 0 aliphatic heterocycles. The molecule has 350 valence electrons. The molecule has 0 heterocycles. The van der Waals surface area contributed by atoms with E-state index in [9.17, 15) is 0 Å². The highest BCUT2D eigenvalue weighted by atomic mass is 16.1. The zero-order valence-electron chi connectivity index (χ0n) is 43.0. The number of rotatable bonds is 4. The summed E-state index contributed by atoms with van der Waals surface area (Å²) in [6.45, 7) is 28.5. The molecule has 14 atom stereocenters. The zero-order chi connectivity index (χ0) is 46.4. The van der Waals surface area contributed by atoms with Gasteiger partial charge in [0.25, 0.3) is 0 Å². The number of carbonyl (C=O) groups excluding carboxylic acids is 1. The molecule has 4 aromatic carbocycles. The summed E-state index contributed by atoms with van der Waals surface area (Å²) >= 11 is 0. The van der Waals surface area contributed by atoms with E-state index in [4.69, 9.17) is 0 Å². The van der Waals surface area contributed by atoms with Gasteiger partial charge in [0, 0.05) is 11.8 Å². The summed E-state index contributed by atoms with van der Waals surface area (Å²) < 4.78 is 0. The lowest BCUT2D eigenvalue weighted by molar-refractivity contribution is -0.121. The molecule has 7 aliphatic rings. The monoisotopic (exact) mass is 881 g/mol. The fourth-order valence-electron chi connectivity index (χ4n) is 17.9. The van der Waals surface area contributed by atoms with E-state index in [0.29, 0.717) is 41.3 Å². The Kier molecular flexibility index (Phi) is 10.8. The molecule has 0 bridgehead atoms. The van der Waals surface area contributed by atoms with E-state index in [2.05, 4.69) is 180 Å². The first-order valence-electron chi connectivity index (χ1n) is 27.2. The van der Waals surface area contributed by atoms with Crippen molar-refractivity contribution in [1.82, 2.24) is 0 Å². The summed E-state index contributed by atoms with van der Waals surface area (Å²) in [5.41, 5.74) is 11.5. The van der Waals surface area contributed by atoms with Gasteiger partial charge in [-0.05, 0) is 188 Å². The first-order valence-corrected chi connectivity index (χ1v) is 27.2. The van der Waals surface area contributed by atoms with Crippen molar-refractivity contribution in [3.63, 3.8) is 0 Å². The topological polar surface area (TPSA) is 17.1 Å². The van der Waals surface area contributed by atoms with Crippen LogP contribution in [0, 0.1) is 71.0 Å². The molecular weight excluding hydrogens is 797 g/mol. The molecule has 14 unspecified atom stereocenters. The van der Waals surface area contributed by atoms with Crippen LogP contribution in [0.2, 0.25) is 0 Å². The van der Waals surface area contributed by atoms with Crippen LogP contribution in [0.4, 0.5) is 0 Å². The molecule has 0 radical (unpaired) electrons. The van der Waals surface area contributed by atoms with E-state index in [1.54, 1.807) is 11.1 Å². The lowest BCUT2D eigenvalue weighted by Gasteiger charge is -2.55. The lowest BCUT2D eigenvalue weighted by atomic mass is 9.49. The van der Waals surface area contributed by atoms with Gasteiger partial charge >= 0.3 is 0 Å². The first-order chi connectivity index (χ1) is 31.2. The van der Waals surface area contributed by atoms with Crippen LogP contribution in [0.25, 0.3) is 0 Å². The molecule has 1 nitrogen and oxygen atoms in total. The van der Waals surface area contributed by atoms with E-state index in [1.807, 2.05) is 0 Å². The predicted molar refractivity (Wildman–Crippen MR) is 275 cm³/mol. The normalized spacial score (nSPS) is 37.2. The maximum atomic E-state index is 16.3. The minimum Gasteiger partial charge on any atom is -0.298 e. The fraction of sp³-hybridized carbons (Fsp3) is 0.615. The number of carbonyl (C=O) groups is 1. The molecule has 7 aliphatic carbocycles. The first kappa shape index (κ1) is 45.0. The van der Waals surface area contributed by atoms with Crippen LogP contribution in [0.1, 0.15) is 203 Å². The minimum absolute atomic E-state index is 0.00400. The quantitative estimate of drug-likeness (QED) is 0.200. The third-order valence-electron chi connectivity index (χ3n) is 20.4. The average molecular weight is 881 g/mol. The predicted octanol–water partition coefficient (Wildman–Crippen LogP) is 16.5. The average Bonchev–Trinajstić information content (AvgIpc) is 3.88. The van der Waals surface area contributed by atoms with Crippen LogP contribution < -0.4 is 0 Å². The van der Waals surface area contributed by atoms with Crippen LogP contribution in [-0.4, -0.2) is 5.78 Å². The highest BCUT2D eigenvalue weighted by Crippen LogP contribution is 2.78. The van der Waals surface area contributed by atoms with Crippen LogP contribution >= 0.6 is 0 Å². The second-order valence-corrected chi connectivity index (χ2v) is 27.8. The van der Waals surface area contributed by atoms with Crippen LogP contribution in [-0.2, 0) is 26.5 Å². The molecule has 1 heteroatoms. The molecule has 7 saturated carbocycles. The van der Waals surface area contributed by atoms with Gasteiger partial charge in [-0.25, -0.2) is 0 Å². The Morgan fingerprint density at radius 3 is 0.939 bits per heavy atom. The van der Waals surface area contributed by atoms with E-state index < -0.39 is 0 Å². The van der Waals surface area contributed by atoms with Crippen molar-refractivity contribution in [1.29, 1.82) is 0 Å². The molecule has 7 fully saturated rings. The van der Waals surface area contributed by atoms with Crippen molar-refractivity contribution in [2.45, 2.75) is 180 Å². The van der Waals surface area contributed by atoms with Crippen molar-refractivity contribution in [2.75, 3.05) is 0 Å². The van der Waals surface area contributed by atoms with Gasteiger partial charge in [-0.3, -0.25) is 4.79 Å². The lowest BCUT2D eigenvalue weighted by Crippen LogP contribution is -2.46. The second kappa shape index (κ2) is 15.8. The zero-order valence-corrected chi connectivity index (χ0v) is 43.0. The maximum Gasteiger partial charge on any atom is 0.148 e. The standard InChI is InChI=1S/C65H84O/c1-62(2,3)41-31-39(32-42(35-41)63(4,5)6)53-59-49-29-27-47-55-48(28-30-50(56(49)55)60(59)54(61(53)66)40-33-43(64(7,8)9)36-44(34-40)65(10,11)12)58-52(38-23-17-14-18-24-38)46-26-20-19-25-45(46)51(57(47)58)37-21-15-13-16-22-37/h13-18,21-24,31-36,45-60H,19-20,25-30H2,1-12H3. The number of hydrogen-bond donors (Lipinski definition) is 0. The molecule has 66 heavy (non-hydrogen) atoms. The molecule has 0 spiro atoms. The summed E-state index contributed by atoms with van der Waals surface area (Å²) in [4.78, 5) is 16.3. The smallest absolute Gasteiger partial charge is 0.148 e. The van der Waals surface area contributed by atoms with Crippen LogP contribution in [0.5, 0.6) is 0 Å². The highest BCUT2D eigenvalue weighted by molar-refractivity contribution is 5.95. The van der Waals surface area contributed by atoms with Gasteiger partial charge in [-0.1, -0.05) is 193 Å². The fourth-order valence-corrected chi connectivity index (χ4v) is 17.9. The second-order valence-electron chi connectivity index (χ2n) is 27.8.